The first-order valence-corrected chi connectivity index (χ1v) is 5.77. The van der Waals surface area contributed by atoms with Gasteiger partial charge in [-0.05, 0) is 5.92 Å². The van der Waals surface area contributed by atoms with Gasteiger partial charge in [-0.25, -0.2) is 0 Å². The van der Waals surface area contributed by atoms with Gasteiger partial charge >= 0.3 is 4.87 Å². The van der Waals surface area contributed by atoms with Crippen LogP contribution in [-0.4, -0.2) is 11.0 Å². The van der Waals surface area contributed by atoms with Crippen LogP contribution in [0.25, 0.3) is 0 Å². The molecule has 14 heavy (non-hydrogen) atoms. The molecule has 1 heterocycles. The molecule has 2 N–H and O–H groups in total. The van der Waals surface area contributed by atoms with Crippen molar-refractivity contribution in [3.8, 4) is 0 Å². The Balaban J connectivity index is 2.79. The molecule has 0 aliphatic heterocycles. The van der Waals surface area contributed by atoms with Gasteiger partial charge in [0, 0.05) is 23.2 Å². The summed E-state index contributed by atoms with van der Waals surface area (Å²) in [5.74, 6) is 0.387. The van der Waals surface area contributed by atoms with Crippen LogP contribution in [0.1, 0.15) is 44.2 Å². The van der Waals surface area contributed by atoms with Gasteiger partial charge in [-0.2, -0.15) is 0 Å². The average molecular weight is 214 g/mol. The normalized spacial score (nSPS) is 11.6. The van der Waals surface area contributed by atoms with Crippen molar-refractivity contribution in [2.24, 2.45) is 0 Å². The smallest absolute Gasteiger partial charge is 0.304 e. The monoisotopic (exact) mass is 214 g/mol. The summed E-state index contributed by atoms with van der Waals surface area (Å²) in [5.41, 5.74) is 1.08. The van der Waals surface area contributed by atoms with Crippen LogP contribution in [0.4, 0.5) is 0 Å². The molecule has 0 bridgehead atoms. The molecule has 1 rings (SSSR count). The van der Waals surface area contributed by atoms with E-state index in [0.717, 1.165) is 17.1 Å². The summed E-state index contributed by atoms with van der Waals surface area (Å²) in [7, 11) is 0. The van der Waals surface area contributed by atoms with Crippen LogP contribution < -0.4 is 10.2 Å². The maximum absolute atomic E-state index is 11.2. The Morgan fingerprint density at radius 3 is 2.50 bits per heavy atom. The van der Waals surface area contributed by atoms with Crippen LogP contribution in [0.5, 0.6) is 0 Å². The molecule has 80 valence electrons. The number of nitrogens with one attached hydrogen (secondary N) is 2. The molecule has 1 aromatic heterocycles. The largest absolute Gasteiger partial charge is 0.316 e. The highest BCUT2D eigenvalue weighted by Gasteiger charge is 2.10. The average Bonchev–Trinajstić information content (AvgIpc) is 2.43. The first kappa shape index (κ1) is 11.5. The second-order valence-corrected chi connectivity index (χ2v) is 5.11. The Morgan fingerprint density at radius 2 is 2.00 bits per heavy atom. The lowest BCUT2D eigenvalue weighted by atomic mass is 10.1. The summed E-state index contributed by atoms with van der Waals surface area (Å²) in [6.07, 6.45) is 0. The van der Waals surface area contributed by atoms with E-state index in [4.69, 9.17) is 0 Å². The molecule has 0 unspecified atom stereocenters. The zero-order valence-corrected chi connectivity index (χ0v) is 9.99. The lowest BCUT2D eigenvalue weighted by molar-refractivity contribution is 0.588. The van der Waals surface area contributed by atoms with E-state index < -0.39 is 0 Å². The van der Waals surface area contributed by atoms with Gasteiger partial charge in [0.05, 0.1) is 0 Å². The predicted octanol–water partition coefficient (Wildman–Crippen LogP) is 2.06. The fourth-order valence-electron chi connectivity index (χ4n) is 1.27. The molecule has 0 aliphatic rings. The maximum Gasteiger partial charge on any atom is 0.304 e. The molecular formula is C10H18N2OS. The van der Waals surface area contributed by atoms with Gasteiger partial charge in [-0.15, -0.1) is 0 Å². The number of hydrogen-bond acceptors (Lipinski definition) is 3. The van der Waals surface area contributed by atoms with Gasteiger partial charge in [0.25, 0.3) is 0 Å². The molecule has 0 radical (unpaired) electrons. The van der Waals surface area contributed by atoms with E-state index >= 15 is 0 Å². The predicted molar refractivity (Wildman–Crippen MR) is 61.0 cm³/mol. The lowest BCUT2D eigenvalue weighted by Crippen LogP contribution is -2.22. The van der Waals surface area contributed by atoms with Gasteiger partial charge in [-0.3, -0.25) is 4.79 Å². The SMILES string of the molecule is CC(C)NCc1sc(=O)[nH]c1C(C)C. The van der Waals surface area contributed by atoms with Crippen LogP contribution in [-0.2, 0) is 6.54 Å². The lowest BCUT2D eigenvalue weighted by Gasteiger charge is -2.09. The quantitative estimate of drug-likeness (QED) is 0.806. The zero-order valence-electron chi connectivity index (χ0n) is 9.18. The van der Waals surface area contributed by atoms with E-state index in [1.54, 1.807) is 0 Å². The minimum absolute atomic E-state index is 0.0502. The highest BCUT2D eigenvalue weighted by atomic mass is 32.1. The molecule has 1 aromatic rings. The van der Waals surface area contributed by atoms with E-state index in [-0.39, 0.29) is 4.87 Å². The molecule has 4 heteroatoms. The zero-order chi connectivity index (χ0) is 10.7. The highest BCUT2D eigenvalue weighted by Crippen LogP contribution is 2.18. The Hall–Kier alpha value is -0.610. The topological polar surface area (TPSA) is 44.9 Å². The van der Waals surface area contributed by atoms with Crippen molar-refractivity contribution < 1.29 is 0 Å². The first-order valence-electron chi connectivity index (χ1n) is 4.96. The van der Waals surface area contributed by atoms with Crippen LogP contribution in [0.15, 0.2) is 4.79 Å². The fraction of sp³-hybridized carbons (Fsp3) is 0.700. The standard InChI is InChI=1S/C10H18N2OS/c1-6(2)9-8(5-11-7(3)4)14-10(13)12-9/h6-7,11H,5H2,1-4H3,(H,12,13). The number of aromatic amines is 1. The number of H-pyrrole nitrogens is 1. The molecule has 0 atom stereocenters. The van der Waals surface area contributed by atoms with Gasteiger partial charge in [0.1, 0.15) is 0 Å². The number of rotatable bonds is 4. The van der Waals surface area contributed by atoms with Crippen LogP contribution >= 0.6 is 11.3 Å². The van der Waals surface area contributed by atoms with Gasteiger partial charge in [0.15, 0.2) is 0 Å². The fourth-order valence-corrected chi connectivity index (χ4v) is 2.20. The summed E-state index contributed by atoms with van der Waals surface area (Å²) in [4.78, 5) is 15.3. The van der Waals surface area contributed by atoms with Crippen molar-refractivity contribution in [1.29, 1.82) is 0 Å². The summed E-state index contributed by atoms with van der Waals surface area (Å²) in [5, 5.41) is 3.32. The summed E-state index contributed by atoms with van der Waals surface area (Å²) in [6, 6.07) is 0.451. The molecule has 0 aliphatic carbocycles. The molecule has 0 amide bonds. The molecule has 3 nitrogen and oxygen atoms in total. The van der Waals surface area contributed by atoms with Crippen molar-refractivity contribution in [2.75, 3.05) is 0 Å². The second-order valence-electron chi connectivity index (χ2n) is 4.04. The van der Waals surface area contributed by atoms with E-state index in [9.17, 15) is 4.79 Å². The maximum atomic E-state index is 11.2. The third-order valence-electron chi connectivity index (χ3n) is 2.00. The summed E-state index contributed by atoms with van der Waals surface area (Å²) in [6.45, 7) is 9.18. The molecule has 0 aromatic carbocycles. The van der Waals surface area contributed by atoms with Gasteiger partial charge in [-0.1, -0.05) is 39.0 Å². The Labute approximate surface area is 88.6 Å². The molecule has 0 saturated carbocycles. The van der Waals surface area contributed by atoms with Crippen LogP contribution in [0.2, 0.25) is 0 Å². The number of thiazole rings is 1. The van der Waals surface area contributed by atoms with Crippen molar-refractivity contribution >= 4 is 11.3 Å². The van der Waals surface area contributed by atoms with Crippen molar-refractivity contribution in [3.63, 3.8) is 0 Å². The van der Waals surface area contributed by atoms with E-state index in [0.29, 0.717) is 12.0 Å². The molecule has 0 spiro atoms. The van der Waals surface area contributed by atoms with Gasteiger partial charge in [0.2, 0.25) is 0 Å². The Morgan fingerprint density at radius 1 is 1.36 bits per heavy atom. The molecule has 0 fully saturated rings. The highest BCUT2D eigenvalue weighted by molar-refractivity contribution is 7.09. The van der Waals surface area contributed by atoms with Crippen LogP contribution in [0, 0.1) is 0 Å². The third-order valence-corrected chi connectivity index (χ3v) is 2.90. The third kappa shape index (κ3) is 2.96. The Bertz CT molecular complexity index is 338. The van der Waals surface area contributed by atoms with Crippen molar-refractivity contribution in [1.82, 2.24) is 10.3 Å². The van der Waals surface area contributed by atoms with E-state index in [2.05, 4.69) is 38.0 Å². The second kappa shape index (κ2) is 4.75. The summed E-state index contributed by atoms with van der Waals surface area (Å²) >= 11 is 1.31. The Kier molecular flexibility index (Phi) is 3.89. The summed E-state index contributed by atoms with van der Waals surface area (Å²) < 4.78 is 0. The number of aromatic nitrogens is 1. The van der Waals surface area contributed by atoms with E-state index in [1.807, 2.05) is 0 Å². The van der Waals surface area contributed by atoms with Crippen LogP contribution in [0.3, 0.4) is 0 Å². The minimum atomic E-state index is 0.0502. The van der Waals surface area contributed by atoms with E-state index in [1.165, 1.54) is 11.3 Å². The van der Waals surface area contributed by atoms with Crippen molar-refractivity contribution in [2.45, 2.75) is 46.2 Å². The molecular weight excluding hydrogens is 196 g/mol. The van der Waals surface area contributed by atoms with Crippen molar-refractivity contribution in [3.05, 3.63) is 20.2 Å². The van der Waals surface area contributed by atoms with Gasteiger partial charge < -0.3 is 10.3 Å². The number of hydrogen-bond donors (Lipinski definition) is 2. The molecule has 0 saturated heterocycles. The minimum Gasteiger partial charge on any atom is -0.316 e. The first-order chi connectivity index (χ1) is 6.50.